The topological polar surface area (TPSA) is 24.9 Å². The van der Waals surface area contributed by atoms with Crippen molar-refractivity contribution in [1.82, 2.24) is 4.98 Å². The quantitative estimate of drug-likeness (QED) is 0.757. The number of nitrogens with one attached hydrogen (secondary N) is 1. The average Bonchev–Trinajstić information content (AvgIpc) is 2.66. The lowest BCUT2D eigenvalue weighted by molar-refractivity contribution is 1.02. The molecule has 0 radical (unpaired) electrons. The second kappa shape index (κ2) is 3.69. The molecule has 2 aromatic rings. The van der Waals surface area contributed by atoms with Gasteiger partial charge in [-0.15, -0.1) is 17.8 Å². The number of nitrogens with zero attached hydrogens (tertiary/aromatic N) is 1. The monoisotopic (exact) mass is 202 g/mol. The smallest absolute Gasteiger partial charge is 0.135 e. The minimum Gasteiger partial charge on any atom is -0.356 e. The summed E-state index contributed by atoms with van der Waals surface area (Å²) in [5.74, 6) is 3.49. The zero-order chi connectivity index (χ0) is 9.97. The second-order valence-electron chi connectivity index (χ2n) is 3.02. The molecule has 1 N–H and O–H groups in total. The van der Waals surface area contributed by atoms with E-state index in [1.54, 1.807) is 17.5 Å². The number of rotatable bonds is 2. The molecule has 0 amide bonds. The van der Waals surface area contributed by atoms with Gasteiger partial charge in [-0.05, 0) is 24.4 Å². The Balaban J connectivity index is 2.42. The first kappa shape index (κ1) is 9.04. The molecule has 0 fully saturated rings. The molecule has 3 heteroatoms. The number of anilines is 1. The third kappa shape index (κ3) is 1.57. The van der Waals surface area contributed by atoms with E-state index in [0.717, 1.165) is 11.2 Å². The number of hydrogen-bond acceptors (Lipinski definition) is 3. The van der Waals surface area contributed by atoms with Gasteiger partial charge in [0.1, 0.15) is 5.82 Å². The highest BCUT2D eigenvalue weighted by atomic mass is 32.1. The maximum Gasteiger partial charge on any atom is 0.135 e. The molecular weight excluding hydrogens is 192 g/mol. The SMILES string of the molecule is C#CC(C)Nc1nccc2sccc12. The molecule has 0 aliphatic carbocycles. The van der Waals surface area contributed by atoms with Crippen LogP contribution >= 0.6 is 11.3 Å². The highest BCUT2D eigenvalue weighted by molar-refractivity contribution is 7.17. The normalized spacial score (nSPS) is 12.3. The molecule has 0 aliphatic heterocycles. The summed E-state index contributed by atoms with van der Waals surface area (Å²) in [6.45, 7) is 1.94. The molecule has 70 valence electrons. The molecule has 0 saturated carbocycles. The van der Waals surface area contributed by atoms with Crippen LogP contribution in [0.3, 0.4) is 0 Å². The third-order valence-corrected chi connectivity index (χ3v) is 2.87. The van der Waals surface area contributed by atoms with Gasteiger partial charge in [0.15, 0.2) is 0 Å². The van der Waals surface area contributed by atoms with Gasteiger partial charge in [0.05, 0.1) is 6.04 Å². The minimum absolute atomic E-state index is 0.00741. The van der Waals surface area contributed by atoms with Crippen molar-refractivity contribution < 1.29 is 0 Å². The first-order chi connectivity index (χ1) is 6.81. The Bertz CT molecular complexity index is 481. The number of aromatic nitrogens is 1. The van der Waals surface area contributed by atoms with Crippen molar-refractivity contribution in [3.8, 4) is 12.3 Å². The van der Waals surface area contributed by atoms with E-state index in [0.29, 0.717) is 0 Å². The molecule has 2 rings (SSSR count). The summed E-state index contributed by atoms with van der Waals surface area (Å²) >= 11 is 1.70. The van der Waals surface area contributed by atoms with Crippen LogP contribution in [0.15, 0.2) is 23.7 Å². The van der Waals surface area contributed by atoms with Gasteiger partial charge in [-0.3, -0.25) is 0 Å². The molecule has 2 aromatic heterocycles. The van der Waals surface area contributed by atoms with E-state index in [-0.39, 0.29) is 6.04 Å². The largest absolute Gasteiger partial charge is 0.356 e. The summed E-state index contributed by atoms with van der Waals surface area (Å²) < 4.78 is 1.23. The molecule has 2 heterocycles. The van der Waals surface area contributed by atoms with Gasteiger partial charge in [0, 0.05) is 16.3 Å². The fourth-order valence-corrected chi connectivity index (χ4v) is 2.04. The molecule has 14 heavy (non-hydrogen) atoms. The molecular formula is C11H10N2S. The number of pyridine rings is 1. The number of hydrogen-bond donors (Lipinski definition) is 1. The summed E-state index contributed by atoms with van der Waals surface area (Å²) in [6, 6.07) is 4.07. The summed E-state index contributed by atoms with van der Waals surface area (Å²) in [4.78, 5) is 4.27. The van der Waals surface area contributed by atoms with Gasteiger partial charge in [0.2, 0.25) is 0 Å². The molecule has 1 unspecified atom stereocenters. The van der Waals surface area contributed by atoms with Crippen molar-refractivity contribution in [1.29, 1.82) is 0 Å². The van der Waals surface area contributed by atoms with Crippen LogP contribution in [0, 0.1) is 12.3 Å². The first-order valence-electron chi connectivity index (χ1n) is 4.36. The van der Waals surface area contributed by atoms with Crippen LogP contribution in [0.25, 0.3) is 10.1 Å². The Morgan fingerprint density at radius 1 is 1.57 bits per heavy atom. The number of thiophene rings is 1. The lowest BCUT2D eigenvalue weighted by Crippen LogP contribution is -2.13. The van der Waals surface area contributed by atoms with Crippen molar-refractivity contribution in [3.05, 3.63) is 23.7 Å². The molecule has 0 saturated heterocycles. The van der Waals surface area contributed by atoms with Crippen molar-refractivity contribution in [2.45, 2.75) is 13.0 Å². The molecule has 0 aliphatic rings. The maximum atomic E-state index is 5.30. The second-order valence-corrected chi connectivity index (χ2v) is 3.97. The Labute approximate surface area is 87.0 Å². The maximum absolute atomic E-state index is 5.30. The molecule has 0 spiro atoms. The van der Waals surface area contributed by atoms with E-state index in [9.17, 15) is 0 Å². The molecule has 2 nitrogen and oxygen atoms in total. The zero-order valence-corrected chi connectivity index (χ0v) is 8.64. The predicted octanol–water partition coefficient (Wildman–Crippen LogP) is 2.73. The van der Waals surface area contributed by atoms with Crippen molar-refractivity contribution >= 4 is 27.2 Å². The fraction of sp³-hybridized carbons (Fsp3) is 0.182. The molecule has 1 atom stereocenters. The van der Waals surface area contributed by atoms with Gasteiger partial charge in [-0.2, -0.15) is 0 Å². The van der Waals surface area contributed by atoms with Gasteiger partial charge in [-0.1, -0.05) is 5.92 Å². The van der Waals surface area contributed by atoms with Crippen molar-refractivity contribution in [2.24, 2.45) is 0 Å². The highest BCUT2D eigenvalue weighted by Crippen LogP contribution is 2.25. The summed E-state index contributed by atoms with van der Waals surface area (Å²) in [5.41, 5.74) is 0. The Morgan fingerprint density at radius 3 is 3.21 bits per heavy atom. The predicted molar refractivity (Wildman–Crippen MR) is 61.5 cm³/mol. The van der Waals surface area contributed by atoms with Crippen LogP contribution in [-0.4, -0.2) is 11.0 Å². The van der Waals surface area contributed by atoms with Gasteiger partial charge in [-0.25, -0.2) is 4.98 Å². The Hall–Kier alpha value is -1.53. The fourth-order valence-electron chi connectivity index (χ4n) is 1.26. The average molecular weight is 202 g/mol. The summed E-state index contributed by atoms with van der Waals surface area (Å²) in [7, 11) is 0. The van der Waals surface area contributed by atoms with Crippen molar-refractivity contribution in [3.63, 3.8) is 0 Å². The minimum atomic E-state index is 0.00741. The standard InChI is InChI=1S/C11H10N2S/c1-3-8(2)13-11-9-5-7-14-10(9)4-6-12-11/h1,4-8H,2H3,(H,12,13). The Kier molecular flexibility index (Phi) is 2.38. The lowest BCUT2D eigenvalue weighted by Gasteiger charge is -2.08. The first-order valence-corrected chi connectivity index (χ1v) is 5.24. The van der Waals surface area contributed by atoms with Gasteiger partial charge >= 0.3 is 0 Å². The molecule has 0 bridgehead atoms. The lowest BCUT2D eigenvalue weighted by atomic mass is 10.3. The van der Waals surface area contributed by atoms with E-state index in [1.807, 2.05) is 13.0 Å². The van der Waals surface area contributed by atoms with Crippen LogP contribution < -0.4 is 5.32 Å². The van der Waals surface area contributed by atoms with E-state index < -0.39 is 0 Å². The highest BCUT2D eigenvalue weighted by Gasteiger charge is 2.04. The third-order valence-electron chi connectivity index (χ3n) is 1.98. The van der Waals surface area contributed by atoms with E-state index in [4.69, 9.17) is 6.42 Å². The summed E-state index contributed by atoms with van der Waals surface area (Å²) in [5, 5.41) is 6.37. The van der Waals surface area contributed by atoms with Crippen LogP contribution in [0.4, 0.5) is 5.82 Å². The van der Waals surface area contributed by atoms with Crippen LogP contribution in [-0.2, 0) is 0 Å². The van der Waals surface area contributed by atoms with Crippen molar-refractivity contribution in [2.75, 3.05) is 5.32 Å². The van der Waals surface area contributed by atoms with Crippen LogP contribution in [0.1, 0.15) is 6.92 Å². The van der Waals surface area contributed by atoms with Crippen LogP contribution in [0.2, 0.25) is 0 Å². The zero-order valence-electron chi connectivity index (χ0n) is 7.82. The van der Waals surface area contributed by atoms with E-state index in [1.165, 1.54) is 4.70 Å². The van der Waals surface area contributed by atoms with Crippen LogP contribution in [0.5, 0.6) is 0 Å². The summed E-state index contributed by atoms with van der Waals surface area (Å²) in [6.07, 6.45) is 7.10. The van der Waals surface area contributed by atoms with Gasteiger partial charge in [0.25, 0.3) is 0 Å². The van der Waals surface area contributed by atoms with E-state index in [2.05, 4.69) is 27.7 Å². The number of terminal acetylenes is 1. The van der Waals surface area contributed by atoms with Gasteiger partial charge < -0.3 is 5.32 Å². The van der Waals surface area contributed by atoms with E-state index >= 15 is 0 Å². The Morgan fingerprint density at radius 2 is 2.43 bits per heavy atom. The number of fused-ring (bicyclic) bond motifs is 1. The molecule has 0 aromatic carbocycles.